The Hall–Kier alpha value is -1.84. The Bertz CT molecular complexity index is 469. The van der Waals surface area contributed by atoms with Gasteiger partial charge in [0.05, 0.1) is 0 Å². The van der Waals surface area contributed by atoms with Gasteiger partial charge in [-0.25, -0.2) is 0 Å². The van der Waals surface area contributed by atoms with Gasteiger partial charge in [-0.1, -0.05) is 12.1 Å². The maximum atomic E-state index is 7.36. The van der Waals surface area contributed by atoms with Crippen molar-refractivity contribution in [1.29, 1.82) is 5.41 Å². The fourth-order valence-corrected chi connectivity index (χ4v) is 1.38. The second-order valence-electron chi connectivity index (χ2n) is 2.96. The van der Waals surface area contributed by atoms with E-state index >= 15 is 0 Å². The molecule has 2 aromatic rings. The van der Waals surface area contributed by atoms with E-state index in [2.05, 4.69) is 5.10 Å². The minimum atomic E-state index is 0.0595. The summed E-state index contributed by atoms with van der Waals surface area (Å²) >= 11 is 0. The molecule has 13 heavy (non-hydrogen) atoms. The minimum absolute atomic E-state index is 0.0595. The van der Waals surface area contributed by atoms with E-state index in [9.17, 15) is 0 Å². The zero-order valence-corrected chi connectivity index (χ0v) is 7.28. The van der Waals surface area contributed by atoms with Crippen molar-refractivity contribution in [2.75, 3.05) is 0 Å². The van der Waals surface area contributed by atoms with Gasteiger partial charge in [-0.3, -0.25) is 10.1 Å². The van der Waals surface area contributed by atoms with Crippen LogP contribution in [-0.2, 0) is 7.05 Å². The fourth-order valence-electron chi connectivity index (χ4n) is 1.38. The normalized spacial score (nSPS) is 10.5. The summed E-state index contributed by atoms with van der Waals surface area (Å²) < 4.78 is 1.72. The number of nitrogens with one attached hydrogen (secondary N) is 1. The van der Waals surface area contributed by atoms with Crippen LogP contribution in [0.1, 0.15) is 5.56 Å². The predicted octanol–water partition coefficient (Wildman–Crippen LogP) is 0.857. The first-order valence-electron chi connectivity index (χ1n) is 3.95. The number of nitrogen functional groups attached to an aromatic ring is 1. The molecule has 0 saturated heterocycles. The van der Waals surface area contributed by atoms with Crippen LogP contribution in [0, 0.1) is 5.41 Å². The van der Waals surface area contributed by atoms with E-state index in [0.29, 0.717) is 5.56 Å². The van der Waals surface area contributed by atoms with Crippen LogP contribution in [-0.4, -0.2) is 15.6 Å². The molecule has 0 saturated carbocycles. The second kappa shape index (κ2) is 2.58. The van der Waals surface area contributed by atoms with E-state index in [0.717, 1.165) is 10.9 Å². The lowest BCUT2D eigenvalue weighted by molar-refractivity contribution is 0.779. The lowest BCUT2D eigenvalue weighted by Gasteiger charge is -1.97. The Morgan fingerprint density at radius 2 is 2.31 bits per heavy atom. The van der Waals surface area contributed by atoms with E-state index in [4.69, 9.17) is 11.1 Å². The average molecular weight is 174 g/mol. The molecule has 0 spiro atoms. The third kappa shape index (κ3) is 1.16. The monoisotopic (exact) mass is 174 g/mol. The van der Waals surface area contributed by atoms with Crippen LogP contribution in [0.15, 0.2) is 24.4 Å². The van der Waals surface area contributed by atoms with Crippen molar-refractivity contribution in [3.8, 4) is 0 Å². The molecule has 0 unspecified atom stereocenters. The van der Waals surface area contributed by atoms with Crippen LogP contribution < -0.4 is 5.73 Å². The summed E-state index contributed by atoms with van der Waals surface area (Å²) in [5.74, 6) is 0.0595. The standard InChI is InChI=1S/C9H10N4/c1-13-5-6-3-2-4-7(9(10)11)8(6)12-13/h2-5H,1H3,(H3,10,11). The van der Waals surface area contributed by atoms with Crippen molar-refractivity contribution in [2.45, 2.75) is 0 Å². The van der Waals surface area contributed by atoms with Gasteiger partial charge in [0.2, 0.25) is 0 Å². The maximum absolute atomic E-state index is 7.36. The van der Waals surface area contributed by atoms with Gasteiger partial charge < -0.3 is 5.73 Å². The number of aryl methyl sites for hydroxylation is 1. The highest BCUT2D eigenvalue weighted by atomic mass is 15.2. The molecule has 0 aliphatic carbocycles. The molecule has 0 amide bonds. The van der Waals surface area contributed by atoms with E-state index in [-0.39, 0.29) is 5.84 Å². The lowest BCUT2D eigenvalue weighted by Crippen LogP contribution is -2.11. The molecule has 0 fully saturated rings. The molecule has 4 heteroatoms. The number of hydrogen-bond acceptors (Lipinski definition) is 2. The number of fused-ring (bicyclic) bond motifs is 1. The quantitative estimate of drug-likeness (QED) is 0.497. The molecule has 0 bridgehead atoms. The summed E-state index contributed by atoms with van der Waals surface area (Å²) in [6.07, 6.45) is 1.90. The minimum Gasteiger partial charge on any atom is -0.384 e. The number of nitrogens with two attached hydrogens (primary N) is 1. The first-order chi connectivity index (χ1) is 6.18. The fraction of sp³-hybridized carbons (Fsp3) is 0.111. The summed E-state index contributed by atoms with van der Waals surface area (Å²) in [5, 5.41) is 12.6. The number of aromatic nitrogens is 2. The first kappa shape index (κ1) is 7.79. The van der Waals surface area contributed by atoms with Gasteiger partial charge in [-0.2, -0.15) is 5.10 Å². The van der Waals surface area contributed by atoms with Gasteiger partial charge in [0.1, 0.15) is 11.4 Å². The SMILES string of the molecule is Cn1cc2cccc(C(=N)N)c2n1. The van der Waals surface area contributed by atoms with Crippen LogP contribution in [0.25, 0.3) is 10.9 Å². The Kier molecular flexibility index (Phi) is 1.55. The van der Waals surface area contributed by atoms with Gasteiger partial charge in [-0.15, -0.1) is 0 Å². The zero-order chi connectivity index (χ0) is 9.42. The van der Waals surface area contributed by atoms with Crippen molar-refractivity contribution in [2.24, 2.45) is 12.8 Å². The molecule has 0 aliphatic rings. The number of benzene rings is 1. The van der Waals surface area contributed by atoms with Crippen molar-refractivity contribution in [3.05, 3.63) is 30.0 Å². The van der Waals surface area contributed by atoms with E-state index < -0.39 is 0 Å². The van der Waals surface area contributed by atoms with Crippen molar-refractivity contribution in [3.63, 3.8) is 0 Å². The van der Waals surface area contributed by atoms with Crippen molar-refractivity contribution in [1.82, 2.24) is 9.78 Å². The molecule has 66 valence electrons. The summed E-state index contributed by atoms with van der Waals surface area (Å²) in [4.78, 5) is 0. The van der Waals surface area contributed by atoms with Gasteiger partial charge in [0, 0.05) is 24.2 Å². The molecular weight excluding hydrogens is 164 g/mol. The molecule has 0 radical (unpaired) electrons. The highest BCUT2D eigenvalue weighted by molar-refractivity contribution is 6.05. The van der Waals surface area contributed by atoms with Crippen LogP contribution in [0.3, 0.4) is 0 Å². The topological polar surface area (TPSA) is 67.7 Å². The molecular formula is C9H10N4. The Labute approximate surface area is 75.5 Å². The third-order valence-corrected chi connectivity index (χ3v) is 1.94. The lowest BCUT2D eigenvalue weighted by atomic mass is 10.1. The highest BCUT2D eigenvalue weighted by Crippen LogP contribution is 2.15. The van der Waals surface area contributed by atoms with Crippen LogP contribution >= 0.6 is 0 Å². The highest BCUT2D eigenvalue weighted by Gasteiger charge is 2.05. The summed E-state index contributed by atoms with van der Waals surface area (Å²) in [5.41, 5.74) is 6.91. The number of hydrogen-bond donors (Lipinski definition) is 2. The third-order valence-electron chi connectivity index (χ3n) is 1.94. The molecule has 0 aliphatic heterocycles. The van der Waals surface area contributed by atoms with Crippen LogP contribution in [0.4, 0.5) is 0 Å². The van der Waals surface area contributed by atoms with E-state index in [1.54, 1.807) is 10.7 Å². The maximum Gasteiger partial charge on any atom is 0.125 e. The molecule has 1 aromatic carbocycles. The van der Waals surface area contributed by atoms with Gasteiger partial charge in [0.25, 0.3) is 0 Å². The summed E-state index contributed by atoms with van der Waals surface area (Å²) in [6.45, 7) is 0. The summed E-state index contributed by atoms with van der Waals surface area (Å²) in [6, 6.07) is 5.63. The second-order valence-corrected chi connectivity index (χ2v) is 2.96. The number of amidine groups is 1. The molecule has 1 heterocycles. The van der Waals surface area contributed by atoms with Crippen LogP contribution in [0.2, 0.25) is 0 Å². The van der Waals surface area contributed by atoms with Crippen molar-refractivity contribution < 1.29 is 0 Å². The Morgan fingerprint density at radius 1 is 1.54 bits per heavy atom. The van der Waals surface area contributed by atoms with Gasteiger partial charge >= 0.3 is 0 Å². The van der Waals surface area contributed by atoms with Crippen molar-refractivity contribution >= 4 is 16.7 Å². The average Bonchev–Trinajstić information content (AvgIpc) is 2.43. The smallest absolute Gasteiger partial charge is 0.125 e. The Morgan fingerprint density at radius 3 is 3.00 bits per heavy atom. The first-order valence-corrected chi connectivity index (χ1v) is 3.95. The molecule has 3 N–H and O–H groups in total. The zero-order valence-electron chi connectivity index (χ0n) is 7.28. The number of nitrogens with zero attached hydrogens (tertiary/aromatic N) is 2. The van der Waals surface area contributed by atoms with Gasteiger partial charge in [-0.05, 0) is 6.07 Å². The molecule has 4 nitrogen and oxygen atoms in total. The predicted molar refractivity (Wildman–Crippen MR) is 51.7 cm³/mol. The number of rotatable bonds is 1. The largest absolute Gasteiger partial charge is 0.384 e. The van der Waals surface area contributed by atoms with E-state index in [1.807, 2.05) is 25.4 Å². The Balaban J connectivity index is 2.82. The van der Waals surface area contributed by atoms with E-state index in [1.165, 1.54) is 0 Å². The molecule has 1 aromatic heterocycles. The summed E-state index contributed by atoms with van der Waals surface area (Å²) in [7, 11) is 1.85. The molecule has 0 atom stereocenters. The van der Waals surface area contributed by atoms with Crippen LogP contribution in [0.5, 0.6) is 0 Å². The molecule has 2 rings (SSSR count). The van der Waals surface area contributed by atoms with Gasteiger partial charge in [0.15, 0.2) is 0 Å².